The molecule has 0 aliphatic carbocycles. The van der Waals surface area contributed by atoms with Crippen molar-refractivity contribution in [2.24, 2.45) is 0 Å². The number of sulfone groups is 1. The van der Waals surface area contributed by atoms with Crippen LogP contribution in [0.15, 0.2) is 0 Å². The normalized spacial score (nSPS) is 9.70. The molecule has 0 fully saturated rings. The Labute approximate surface area is 130 Å². The van der Waals surface area contributed by atoms with Crippen LogP contribution in [0.3, 0.4) is 0 Å². The molecular formula is C13H31NO4S2. The van der Waals surface area contributed by atoms with E-state index in [0.717, 1.165) is 19.3 Å². The van der Waals surface area contributed by atoms with Crippen LogP contribution in [0.2, 0.25) is 0 Å². The van der Waals surface area contributed by atoms with Crippen LogP contribution in [-0.4, -0.2) is 52.3 Å². The number of carbonyl (C=O) groups excluding carboxylic acids is 1. The number of amides is 1. The zero-order valence-corrected chi connectivity index (χ0v) is 15.1. The fourth-order valence-electron chi connectivity index (χ4n) is 1.05. The molecule has 124 valence electrons. The molecular weight excluding hydrogens is 298 g/mol. The van der Waals surface area contributed by atoms with Crippen molar-refractivity contribution in [3.05, 3.63) is 0 Å². The predicted octanol–water partition coefficient (Wildman–Crippen LogP) is 1.93. The van der Waals surface area contributed by atoms with Gasteiger partial charge in [-0.2, -0.15) is 12.6 Å². The number of thiol groups is 1. The topological polar surface area (TPSA) is 72.5 Å². The molecule has 0 aromatic heterocycles. The average Bonchev–Trinajstić information content (AvgIpc) is 2.41. The lowest BCUT2D eigenvalue weighted by Gasteiger charge is -2.04. The Morgan fingerprint density at radius 2 is 1.75 bits per heavy atom. The molecule has 0 saturated heterocycles. The molecule has 0 atom stereocenters. The van der Waals surface area contributed by atoms with E-state index < -0.39 is 9.84 Å². The van der Waals surface area contributed by atoms with Gasteiger partial charge in [-0.15, -0.1) is 0 Å². The molecule has 0 aromatic carbocycles. The minimum absolute atomic E-state index is 0.00885. The standard InChI is InChI=1S/C10H21NO4S.C2H6.CH4S/c1-3-7-15-8-4-5-10(12)11-6-9-16(2,13)14;2*1-2/h3-9H2,1-2H3,(H,11,12);1-2H3;2H,1H3. The fourth-order valence-corrected chi connectivity index (χ4v) is 1.52. The van der Waals surface area contributed by atoms with E-state index in [4.69, 9.17) is 4.74 Å². The van der Waals surface area contributed by atoms with Gasteiger partial charge in [0.25, 0.3) is 0 Å². The van der Waals surface area contributed by atoms with Crippen molar-refractivity contribution in [1.82, 2.24) is 5.32 Å². The second-order valence-corrected chi connectivity index (χ2v) is 5.96. The zero-order valence-electron chi connectivity index (χ0n) is 13.4. The van der Waals surface area contributed by atoms with Crippen molar-refractivity contribution in [1.29, 1.82) is 0 Å². The second-order valence-electron chi connectivity index (χ2n) is 3.70. The Hall–Kier alpha value is -0.270. The lowest BCUT2D eigenvalue weighted by Crippen LogP contribution is -2.28. The second kappa shape index (κ2) is 18.7. The van der Waals surface area contributed by atoms with Crippen LogP contribution < -0.4 is 5.32 Å². The molecule has 0 spiro atoms. The molecule has 1 amide bonds. The summed E-state index contributed by atoms with van der Waals surface area (Å²) >= 11 is 3.53. The predicted molar refractivity (Wildman–Crippen MR) is 89.3 cm³/mol. The van der Waals surface area contributed by atoms with E-state index in [1.165, 1.54) is 0 Å². The van der Waals surface area contributed by atoms with Gasteiger partial charge in [0.05, 0.1) is 5.75 Å². The van der Waals surface area contributed by atoms with Gasteiger partial charge < -0.3 is 10.1 Å². The van der Waals surface area contributed by atoms with E-state index in [1.807, 2.05) is 20.8 Å². The van der Waals surface area contributed by atoms with Gasteiger partial charge in [0.15, 0.2) is 0 Å². The van der Waals surface area contributed by atoms with Gasteiger partial charge >= 0.3 is 0 Å². The summed E-state index contributed by atoms with van der Waals surface area (Å²) in [6, 6.07) is 0. The molecule has 5 nitrogen and oxygen atoms in total. The van der Waals surface area contributed by atoms with Crippen LogP contribution in [-0.2, 0) is 19.4 Å². The zero-order chi connectivity index (χ0) is 16.4. The van der Waals surface area contributed by atoms with Gasteiger partial charge in [-0.25, -0.2) is 8.42 Å². The molecule has 0 heterocycles. The maximum atomic E-state index is 11.2. The number of carbonyl (C=O) groups is 1. The van der Waals surface area contributed by atoms with Gasteiger partial charge in [-0.1, -0.05) is 20.8 Å². The molecule has 0 unspecified atom stereocenters. The monoisotopic (exact) mass is 329 g/mol. The van der Waals surface area contributed by atoms with E-state index in [1.54, 1.807) is 6.26 Å². The first-order valence-electron chi connectivity index (χ1n) is 6.92. The van der Waals surface area contributed by atoms with Gasteiger partial charge in [0.2, 0.25) is 5.91 Å². The number of hydrogen-bond donors (Lipinski definition) is 2. The van der Waals surface area contributed by atoms with E-state index in [9.17, 15) is 13.2 Å². The molecule has 0 bridgehead atoms. The lowest BCUT2D eigenvalue weighted by atomic mass is 10.3. The molecule has 0 aliphatic heterocycles. The van der Waals surface area contributed by atoms with Gasteiger partial charge in [-0.3, -0.25) is 4.79 Å². The van der Waals surface area contributed by atoms with E-state index >= 15 is 0 Å². The van der Waals surface area contributed by atoms with E-state index in [-0.39, 0.29) is 18.2 Å². The van der Waals surface area contributed by atoms with Crippen molar-refractivity contribution in [3.63, 3.8) is 0 Å². The van der Waals surface area contributed by atoms with Crippen LogP contribution in [0.5, 0.6) is 0 Å². The SMILES string of the molecule is CC.CCCOCCCC(=O)NCCS(C)(=O)=O.CS. The highest BCUT2D eigenvalue weighted by Crippen LogP contribution is 1.91. The van der Waals surface area contributed by atoms with Crippen molar-refractivity contribution < 1.29 is 17.9 Å². The largest absolute Gasteiger partial charge is 0.381 e. The van der Waals surface area contributed by atoms with E-state index in [2.05, 4.69) is 17.9 Å². The van der Waals surface area contributed by atoms with Crippen LogP contribution >= 0.6 is 12.6 Å². The summed E-state index contributed by atoms with van der Waals surface area (Å²) in [5.41, 5.74) is 0. The molecule has 0 saturated carbocycles. The highest BCUT2D eigenvalue weighted by Gasteiger charge is 2.04. The minimum atomic E-state index is -2.99. The third-order valence-corrected chi connectivity index (χ3v) is 2.78. The van der Waals surface area contributed by atoms with Crippen LogP contribution in [0.1, 0.15) is 40.0 Å². The first-order valence-corrected chi connectivity index (χ1v) is 9.88. The summed E-state index contributed by atoms with van der Waals surface area (Å²) in [6.45, 7) is 7.51. The summed E-state index contributed by atoms with van der Waals surface area (Å²) in [5.74, 6) is -0.130. The summed E-state index contributed by atoms with van der Waals surface area (Å²) < 4.78 is 26.8. The number of rotatable bonds is 9. The number of hydrogen-bond acceptors (Lipinski definition) is 5. The Balaban J connectivity index is -0.000000656. The van der Waals surface area contributed by atoms with Crippen LogP contribution in [0.4, 0.5) is 0 Å². The third kappa shape index (κ3) is 26.3. The summed E-state index contributed by atoms with van der Waals surface area (Å²) in [5, 5.41) is 2.56. The molecule has 1 N–H and O–H groups in total. The van der Waals surface area contributed by atoms with Gasteiger partial charge in [0, 0.05) is 32.4 Å². The Kier molecular flexibility index (Phi) is 23.2. The molecule has 0 aliphatic rings. The Morgan fingerprint density at radius 3 is 2.20 bits per heavy atom. The van der Waals surface area contributed by atoms with Gasteiger partial charge in [-0.05, 0) is 19.1 Å². The summed E-state index contributed by atoms with van der Waals surface area (Å²) in [7, 11) is -2.99. The first-order chi connectivity index (χ1) is 9.45. The van der Waals surface area contributed by atoms with Crippen LogP contribution in [0.25, 0.3) is 0 Å². The van der Waals surface area contributed by atoms with Crippen molar-refractivity contribution >= 4 is 28.4 Å². The molecule has 0 rings (SSSR count). The maximum absolute atomic E-state index is 11.2. The van der Waals surface area contributed by atoms with Crippen LogP contribution in [0, 0.1) is 0 Å². The Bertz CT molecular complexity index is 293. The molecule has 7 heteroatoms. The third-order valence-electron chi connectivity index (χ3n) is 1.84. The molecule has 0 radical (unpaired) electrons. The lowest BCUT2D eigenvalue weighted by molar-refractivity contribution is -0.121. The van der Waals surface area contributed by atoms with Gasteiger partial charge in [0.1, 0.15) is 9.84 Å². The molecule has 0 aromatic rings. The quantitative estimate of drug-likeness (QED) is 0.501. The summed E-state index contributed by atoms with van der Waals surface area (Å²) in [4.78, 5) is 11.2. The Morgan fingerprint density at radius 1 is 1.20 bits per heavy atom. The van der Waals surface area contributed by atoms with E-state index in [0.29, 0.717) is 19.4 Å². The fraction of sp³-hybridized carbons (Fsp3) is 0.923. The number of ether oxygens (including phenoxy) is 1. The number of nitrogens with one attached hydrogen (secondary N) is 1. The first kappa shape index (κ1) is 24.7. The van der Waals surface area contributed by atoms with Crippen molar-refractivity contribution in [2.75, 3.05) is 38.0 Å². The minimum Gasteiger partial charge on any atom is -0.381 e. The average molecular weight is 330 g/mol. The summed E-state index contributed by atoms with van der Waals surface area (Å²) in [6.07, 6.45) is 4.87. The smallest absolute Gasteiger partial charge is 0.220 e. The van der Waals surface area contributed by atoms with Crippen molar-refractivity contribution in [3.8, 4) is 0 Å². The maximum Gasteiger partial charge on any atom is 0.220 e. The molecule has 20 heavy (non-hydrogen) atoms. The highest BCUT2D eigenvalue weighted by atomic mass is 32.2. The highest BCUT2D eigenvalue weighted by molar-refractivity contribution is 7.90. The van der Waals surface area contributed by atoms with Crippen molar-refractivity contribution in [2.45, 2.75) is 40.0 Å².